The number of aliphatic hydroxyl groups is 1. The highest BCUT2D eigenvalue weighted by atomic mass is 19.4. The minimum Gasteiger partial charge on any atom is -0.383 e. The highest BCUT2D eigenvalue weighted by Crippen LogP contribution is 2.31. The second-order valence-electron chi connectivity index (χ2n) is 4.96. The molecule has 1 fully saturated rings. The first-order valence-electron chi connectivity index (χ1n) is 6.47. The molecule has 2 unspecified atom stereocenters. The van der Waals surface area contributed by atoms with E-state index in [0.29, 0.717) is 13.1 Å². The monoisotopic (exact) mass is 292 g/mol. The first kappa shape index (κ1) is 16.8. The van der Waals surface area contributed by atoms with E-state index in [1.54, 1.807) is 11.8 Å². The lowest BCUT2D eigenvalue weighted by Crippen LogP contribution is -2.50. The van der Waals surface area contributed by atoms with Crippen LogP contribution in [0.4, 0.5) is 13.2 Å². The van der Waals surface area contributed by atoms with E-state index >= 15 is 0 Å². The van der Waals surface area contributed by atoms with Gasteiger partial charge in [-0.25, -0.2) is 0 Å². The molecule has 20 heavy (non-hydrogen) atoms. The molecule has 2 atom stereocenters. The van der Waals surface area contributed by atoms with Gasteiger partial charge in [0.05, 0.1) is 12.6 Å². The van der Waals surface area contributed by atoms with Crippen molar-refractivity contribution in [3.05, 3.63) is 0 Å². The third-order valence-corrected chi connectivity index (χ3v) is 3.65. The summed E-state index contributed by atoms with van der Waals surface area (Å²) in [5, 5.41) is 11.8. The third kappa shape index (κ3) is 4.39. The van der Waals surface area contributed by atoms with Gasteiger partial charge in [0.25, 0.3) is 0 Å². The number of rotatable bonds is 4. The number of aliphatic hydroxyl groups excluding tert-OH is 1. The van der Waals surface area contributed by atoms with Crippen molar-refractivity contribution >= 4 is 5.91 Å². The third-order valence-electron chi connectivity index (χ3n) is 3.65. The van der Waals surface area contributed by atoms with Gasteiger partial charge in [-0.2, -0.15) is 13.2 Å². The van der Waals surface area contributed by atoms with Crippen LogP contribution in [-0.2, 0) is 4.79 Å². The lowest BCUT2D eigenvalue weighted by atomic mass is 9.90. The summed E-state index contributed by atoms with van der Waals surface area (Å²) in [7, 11) is 0. The minimum absolute atomic E-state index is 0.131. The lowest BCUT2D eigenvalue weighted by molar-refractivity contribution is -0.223. The van der Waals surface area contributed by atoms with Crippen LogP contribution in [0, 0.1) is 18.3 Å². The first-order chi connectivity index (χ1) is 9.27. The minimum atomic E-state index is -4.58. The topological polar surface area (TPSA) is 52.6 Å². The number of carbonyl (C=O) groups is 1. The van der Waals surface area contributed by atoms with Gasteiger partial charge in [0, 0.05) is 0 Å². The summed E-state index contributed by atoms with van der Waals surface area (Å²) >= 11 is 0. The summed E-state index contributed by atoms with van der Waals surface area (Å²) in [6.45, 7) is 2.52. The summed E-state index contributed by atoms with van der Waals surface area (Å²) in [6, 6.07) is -0.438. The Hall–Kier alpha value is -1.26. The number of amides is 1. The summed E-state index contributed by atoms with van der Waals surface area (Å²) in [6.07, 6.45) is -1.40. The maximum atomic E-state index is 12.4. The number of likely N-dealkylation sites (tertiary alicyclic amines) is 1. The van der Waals surface area contributed by atoms with Crippen molar-refractivity contribution in [2.75, 3.05) is 19.6 Å². The number of terminal acetylenes is 1. The molecule has 1 aliphatic rings. The maximum absolute atomic E-state index is 12.4. The fraction of sp³-hybridized carbons (Fsp3) is 0.769. The lowest BCUT2D eigenvalue weighted by Gasteiger charge is -2.37. The van der Waals surface area contributed by atoms with Crippen molar-refractivity contribution in [1.82, 2.24) is 10.2 Å². The van der Waals surface area contributed by atoms with E-state index in [-0.39, 0.29) is 25.3 Å². The number of alkyl halides is 3. The van der Waals surface area contributed by atoms with Crippen LogP contribution in [0.15, 0.2) is 0 Å². The second-order valence-corrected chi connectivity index (χ2v) is 4.96. The summed E-state index contributed by atoms with van der Waals surface area (Å²) in [5.41, 5.74) is 0. The van der Waals surface area contributed by atoms with E-state index in [4.69, 9.17) is 6.42 Å². The van der Waals surface area contributed by atoms with Crippen LogP contribution in [-0.4, -0.2) is 53.9 Å². The zero-order valence-corrected chi connectivity index (χ0v) is 11.3. The van der Waals surface area contributed by atoms with Crippen LogP contribution in [0.2, 0.25) is 0 Å². The van der Waals surface area contributed by atoms with E-state index in [2.05, 4.69) is 11.2 Å². The maximum Gasteiger partial charge on any atom is 0.414 e. The molecule has 0 aliphatic carbocycles. The second kappa shape index (κ2) is 6.95. The first-order valence-corrected chi connectivity index (χ1v) is 6.47. The molecule has 0 spiro atoms. The summed E-state index contributed by atoms with van der Waals surface area (Å²) < 4.78 is 37.2. The molecule has 1 aliphatic heterocycles. The number of carbonyl (C=O) groups excluding carboxylic acids is 1. The molecule has 7 heteroatoms. The Balaban J connectivity index is 2.46. The molecule has 0 bridgehead atoms. The van der Waals surface area contributed by atoms with E-state index in [0.717, 1.165) is 0 Å². The van der Waals surface area contributed by atoms with E-state index < -0.39 is 24.2 Å². The fourth-order valence-corrected chi connectivity index (χ4v) is 2.34. The van der Waals surface area contributed by atoms with Gasteiger partial charge in [-0.15, -0.1) is 6.42 Å². The molecular weight excluding hydrogens is 273 g/mol. The fourth-order valence-electron chi connectivity index (χ4n) is 2.34. The molecule has 1 amide bonds. The van der Waals surface area contributed by atoms with Crippen LogP contribution in [0.1, 0.15) is 19.8 Å². The molecule has 2 N–H and O–H groups in total. The predicted octanol–water partition coefficient (Wildman–Crippen LogP) is 0.759. The Morgan fingerprint density at radius 3 is 2.50 bits per heavy atom. The number of hydrogen-bond acceptors (Lipinski definition) is 3. The van der Waals surface area contributed by atoms with E-state index in [9.17, 15) is 23.1 Å². The van der Waals surface area contributed by atoms with Crippen molar-refractivity contribution in [2.24, 2.45) is 5.92 Å². The van der Waals surface area contributed by atoms with E-state index in [1.807, 2.05) is 0 Å². The highest BCUT2D eigenvalue weighted by molar-refractivity contribution is 5.81. The average Bonchev–Trinajstić information content (AvgIpc) is 2.42. The molecule has 1 rings (SSSR count). The molecule has 0 radical (unpaired) electrons. The van der Waals surface area contributed by atoms with Crippen molar-refractivity contribution in [2.45, 2.75) is 38.1 Å². The molecule has 0 aromatic carbocycles. The van der Waals surface area contributed by atoms with Gasteiger partial charge in [-0.05, 0) is 38.8 Å². The zero-order chi connectivity index (χ0) is 15.3. The molecule has 0 aromatic rings. The highest BCUT2D eigenvalue weighted by Gasteiger charge is 2.44. The Morgan fingerprint density at radius 2 is 2.05 bits per heavy atom. The molecular formula is C13H19F3N2O2. The molecule has 4 nitrogen and oxygen atoms in total. The van der Waals surface area contributed by atoms with Gasteiger partial charge in [0.1, 0.15) is 0 Å². The number of hydrogen-bond donors (Lipinski definition) is 2. The van der Waals surface area contributed by atoms with Gasteiger partial charge in [0.2, 0.25) is 5.91 Å². The van der Waals surface area contributed by atoms with Gasteiger partial charge in [-0.1, -0.05) is 5.92 Å². The molecule has 0 saturated carbocycles. The Bertz CT molecular complexity index is 371. The van der Waals surface area contributed by atoms with Crippen LogP contribution in [0.5, 0.6) is 0 Å². The van der Waals surface area contributed by atoms with Crippen LogP contribution >= 0.6 is 0 Å². The molecule has 1 heterocycles. The van der Waals surface area contributed by atoms with Crippen molar-refractivity contribution in [1.29, 1.82) is 0 Å². The smallest absolute Gasteiger partial charge is 0.383 e. The van der Waals surface area contributed by atoms with Gasteiger partial charge in [-0.3, -0.25) is 9.69 Å². The Labute approximate surface area is 116 Å². The van der Waals surface area contributed by atoms with Crippen LogP contribution in [0.3, 0.4) is 0 Å². The quantitative estimate of drug-likeness (QED) is 0.752. The molecule has 0 aromatic heterocycles. The number of piperidine rings is 1. The van der Waals surface area contributed by atoms with E-state index in [1.165, 1.54) is 0 Å². The molecule has 1 saturated heterocycles. The summed E-state index contributed by atoms with van der Waals surface area (Å²) in [4.78, 5) is 13.5. The molecule has 114 valence electrons. The number of halogens is 3. The van der Waals surface area contributed by atoms with Crippen LogP contribution < -0.4 is 5.32 Å². The van der Waals surface area contributed by atoms with Crippen molar-refractivity contribution in [3.8, 4) is 12.3 Å². The number of nitrogens with one attached hydrogen (secondary N) is 1. The normalized spacial score (nSPS) is 21.0. The van der Waals surface area contributed by atoms with Gasteiger partial charge >= 0.3 is 6.18 Å². The van der Waals surface area contributed by atoms with Gasteiger partial charge < -0.3 is 10.4 Å². The summed E-state index contributed by atoms with van der Waals surface area (Å²) in [5.74, 6) is 1.25. The zero-order valence-electron chi connectivity index (χ0n) is 11.3. The van der Waals surface area contributed by atoms with Gasteiger partial charge in [0.15, 0.2) is 6.10 Å². The predicted molar refractivity (Wildman–Crippen MR) is 67.7 cm³/mol. The largest absolute Gasteiger partial charge is 0.414 e. The Morgan fingerprint density at radius 1 is 1.50 bits per heavy atom. The average molecular weight is 292 g/mol. The van der Waals surface area contributed by atoms with Crippen molar-refractivity contribution in [3.63, 3.8) is 0 Å². The van der Waals surface area contributed by atoms with Crippen LogP contribution in [0.25, 0.3) is 0 Å². The Kier molecular flexibility index (Phi) is 5.84. The SMILES string of the molecule is C#CCNC(=O)C(C)N1CCC(C(O)C(F)(F)F)CC1. The number of nitrogens with zero attached hydrogens (tertiary/aromatic N) is 1. The van der Waals surface area contributed by atoms with Crippen molar-refractivity contribution < 1.29 is 23.1 Å². The standard InChI is InChI=1S/C13H19F3N2O2/c1-3-6-17-12(20)9(2)18-7-4-10(5-8-18)11(19)13(14,15)16/h1,9-11,19H,4-8H2,2H3,(H,17,20).